The summed E-state index contributed by atoms with van der Waals surface area (Å²) < 4.78 is 0. The topological polar surface area (TPSA) is 0 Å². The molecule has 0 spiro atoms. The third-order valence-electron chi connectivity index (χ3n) is 3.14. The maximum atomic E-state index is 2.33. The van der Waals surface area contributed by atoms with Gasteiger partial charge in [0.25, 0.3) is 0 Å². The molecule has 0 aromatic rings. The Labute approximate surface area is 98.6 Å². The Morgan fingerprint density at radius 3 is 1.53 bits per heavy atom. The van der Waals surface area contributed by atoms with Gasteiger partial charge in [0.15, 0.2) is 0 Å². The van der Waals surface area contributed by atoms with Gasteiger partial charge in [0.1, 0.15) is 7.85 Å². The van der Waals surface area contributed by atoms with Crippen molar-refractivity contribution in [1.82, 2.24) is 0 Å². The van der Waals surface area contributed by atoms with Crippen LogP contribution in [0.2, 0.25) is 5.82 Å². The Morgan fingerprint density at radius 2 is 1.13 bits per heavy atom. The van der Waals surface area contributed by atoms with E-state index in [1.54, 1.807) is 0 Å². The van der Waals surface area contributed by atoms with E-state index in [4.69, 9.17) is 0 Å². The predicted octanol–water partition coefficient (Wildman–Crippen LogP) is 4.74. The van der Waals surface area contributed by atoms with Crippen LogP contribution in [0.3, 0.4) is 0 Å². The summed E-state index contributed by atoms with van der Waals surface area (Å²) in [7, 11) is 2.33. The first kappa shape index (κ1) is 15.1. The van der Waals surface area contributed by atoms with Crippen molar-refractivity contribution in [3.05, 3.63) is 0 Å². The van der Waals surface area contributed by atoms with Crippen LogP contribution in [0.15, 0.2) is 0 Å². The van der Waals surface area contributed by atoms with Crippen LogP contribution in [0, 0.1) is 0 Å². The van der Waals surface area contributed by atoms with Crippen molar-refractivity contribution >= 4 is 7.85 Å². The van der Waals surface area contributed by atoms with E-state index in [9.17, 15) is 0 Å². The number of hydrogen-bond acceptors (Lipinski definition) is 0. The molecule has 90 valence electrons. The van der Waals surface area contributed by atoms with E-state index >= 15 is 0 Å². The van der Waals surface area contributed by atoms with Crippen molar-refractivity contribution in [2.75, 3.05) is 0 Å². The van der Waals surface area contributed by atoms with Gasteiger partial charge in [-0.25, -0.2) is 0 Å². The molecule has 0 saturated carbocycles. The molecule has 0 fully saturated rings. The summed E-state index contributed by atoms with van der Waals surface area (Å²) in [6.07, 6.45) is 16.0. The lowest BCUT2D eigenvalue weighted by atomic mass is 9.85. The molecule has 0 aliphatic heterocycles. The van der Waals surface area contributed by atoms with Crippen molar-refractivity contribution in [3.8, 4) is 0 Å². The highest BCUT2D eigenvalue weighted by Gasteiger charge is 1.95. The van der Waals surface area contributed by atoms with Gasteiger partial charge in [0.2, 0.25) is 0 Å². The molecular weight excluding hydrogens is 179 g/mol. The lowest BCUT2D eigenvalue weighted by molar-refractivity contribution is 0.548. The molecule has 0 aliphatic carbocycles. The van der Waals surface area contributed by atoms with Crippen LogP contribution in [0.4, 0.5) is 0 Å². The van der Waals surface area contributed by atoms with Crippen molar-refractivity contribution in [2.24, 2.45) is 0 Å². The second kappa shape index (κ2) is 12.1. The maximum absolute atomic E-state index is 2.33. The predicted molar refractivity (Wildman–Crippen MR) is 74.4 cm³/mol. The van der Waals surface area contributed by atoms with Gasteiger partial charge in [-0.1, -0.05) is 90.3 Å². The first-order chi connectivity index (χ1) is 7.27. The summed E-state index contributed by atoms with van der Waals surface area (Å²) in [5, 5.41) is 0. The minimum absolute atomic E-state index is 0.902. The third-order valence-corrected chi connectivity index (χ3v) is 3.14. The Bertz CT molecular complexity index is 110. The van der Waals surface area contributed by atoms with Crippen LogP contribution < -0.4 is 0 Å². The quantitative estimate of drug-likeness (QED) is 0.341. The summed E-state index contributed by atoms with van der Waals surface area (Å²) in [5.41, 5.74) is 0. The monoisotopic (exact) mass is 210 g/mol. The first-order valence-electron chi connectivity index (χ1n) is 7.27. The van der Waals surface area contributed by atoms with E-state index in [1.807, 2.05) is 0 Å². The largest absolute Gasteiger partial charge is 0.105 e. The average Bonchev–Trinajstić information content (AvgIpc) is 2.20. The van der Waals surface area contributed by atoms with Crippen LogP contribution in [0.5, 0.6) is 0 Å². The van der Waals surface area contributed by atoms with Crippen LogP contribution in [-0.4, -0.2) is 7.85 Å². The second-order valence-corrected chi connectivity index (χ2v) is 5.36. The standard InChI is InChI=1S/C14H31B/c1-3-4-5-6-7-8-9-10-11-12-13-14(2)15/h14H,3-13,15H2,1-2H3/t14-/m0/s1. The van der Waals surface area contributed by atoms with Crippen LogP contribution in [-0.2, 0) is 0 Å². The first-order valence-corrected chi connectivity index (χ1v) is 7.27. The number of unbranched alkanes of at least 4 members (excludes halogenated alkanes) is 9. The van der Waals surface area contributed by atoms with E-state index in [1.165, 1.54) is 70.6 Å². The molecular formula is C14H31B. The van der Waals surface area contributed by atoms with Gasteiger partial charge in [-0.2, -0.15) is 0 Å². The third kappa shape index (κ3) is 14.1. The highest BCUT2D eigenvalue weighted by atomic mass is 14.0. The smallest absolute Gasteiger partial charge is 0.0725 e. The van der Waals surface area contributed by atoms with Gasteiger partial charge in [-0.3, -0.25) is 0 Å². The Balaban J connectivity index is 2.87. The Morgan fingerprint density at radius 1 is 0.733 bits per heavy atom. The fraction of sp³-hybridized carbons (Fsp3) is 1.00. The minimum Gasteiger partial charge on any atom is -0.0725 e. The molecule has 1 heteroatoms. The van der Waals surface area contributed by atoms with E-state index < -0.39 is 0 Å². The molecule has 1 atom stereocenters. The summed E-state index contributed by atoms with van der Waals surface area (Å²) in [4.78, 5) is 0. The number of rotatable bonds is 11. The molecule has 0 radical (unpaired) electrons. The Kier molecular flexibility index (Phi) is 12.2. The molecule has 0 aromatic heterocycles. The summed E-state index contributed by atoms with van der Waals surface area (Å²) in [6.45, 7) is 4.61. The highest BCUT2D eigenvalue weighted by molar-refractivity contribution is 6.11. The van der Waals surface area contributed by atoms with Gasteiger partial charge in [-0.15, -0.1) is 0 Å². The van der Waals surface area contributed by atoms with Gasteiger partial charge >= 0.3 is 0 Å². The van der Waals surface area contributed by atoms with Crippen molar-refractivity contribution < 1.29 is 0 Å². The summed E-state index contributed by atoms with van der Waals surface area (Å²) in [5.74, 6) is 0.902. The molecule has 0 unspecified atom stereocenters. The molecule has 0 saturated heterocycles. The fourth-order valence-electron chi connectivity index (χ4n) is 2.04. The van der Waals surface area contributed by atoms with Crippen molar-refractivity contribution in [2.45, 2.75) is 90.3 Å². The van der Waals surface area contributed by atoms with Crippen LogP contribution in [0.1, 0.15) is 84.5 Å². The molecule has 0 nitrogen and oxygen atoms in total. The van der Waals surface area contributed by atoms with E-state index in [2.05, 4.69) is 21.7 Å². The second-order valence-electron chi connectivity index (χ2n) is 5.36. The molecule has 15 heavy (non-hydrogen) atoms. The molecule has 0 N–H and O–H groups in total. The van der Waals surface area contributed by atoms with Crippen molar-refractivity contribution in [1.29, 1.82) is 0 Å². The lowest BCUT2D eigenvalue weighted by Gasteiger charge is -2.04. The maximum Gasteiger partial charge on any atom is 0.105 e. The summed E-state index contributed by atoms with van der Waals surface area (Å²) in [6, 6.07) is 0. The Hall–Kier alpha value is 0.0649. The zero-order valence-corrected chi connectivity index (χ0v) is 11.4. The fourth-order valence-corrected chi connectivity index (χ4v) is 2.04. The van der Waals surface area contributed by atoms with Gasteiger partial charge < -0.3 is 0 Å². The van der Waals surface area contributed by atoms with Gasteiger partial charge in [0, 0.05) is 0 Å². The molecule has 0 aromatic carbocycles. The lowest BCUT2D eigenvalue weighted by Crippen LogP contribution is -1.86. The van der Waals surface area contributed by atoms with Gasteiger partial charge in [0.05, 0.1) is 0 Å². The summed E-state index contributed by atoms with van der Waals surface area (Å²) >= 11 is 0. The normalized spacial score (nSPS) is 12.9. The molecule has 0 heterocycles. The van der Waals surface area contributed by atoms with Crippen molar-refractivity contribution in [3.63, 3.8) is 0 Å². The van der Waals surface area contributed by atoms with Crippen LogP contribution in [0.25, 0.3) is 0 Å². The molecule has 0 rings (SSSR count). The van der Waals surface area contributed by atoms with Gasteiger partial charge in [-0.05, 0) is 0 Å². The highest BCUT2D eigenvalue weighted by Crippen LogP contribution is 2.14. The van der Waals surface area contributed by atoms with E-state index in [0.717, 1.165) is 5.82 Å². The molecule has 0 aliphatic rings. The molecule has 0 amide bonds. The molecule has 0 bridgehead atoms. The zero-order valence-electron chi connectivity index (χ0n) is 11.4. The minimum atomic E-state index is 0.902. The van der Waals surface area contributed by atoms with Crippen LogP contribution >= 0.6 is 0 Å². The number of hydrogen-bond donors (Lipinski definition) is 0. The average molecular weight is 210 g/mol. The zero-order chi connectivity index (χ0) is 11.4. The van der Waals surface area contributed by atoms with E-state index in [0.29, 0.717) is 0 Å². The SMILES string of the molecule is B[C@@H](C)CCCCCCCCCCCC. The van der Waals surface area contributed by atoms with E-state index in [-0.39, 0.29) is 0 Å².